The molecule has 0 spiro atoms. The van der Waals surface area contributed by atoms with Gasteiger partial charge in [-0.05, 0) is 46.7 Å². The van der Waals surface area contributed by atoms with Gasteiger partial charge in [-0.1, -0.05) is 54.1 Å². The number of amides is 1. The Morgan fingerprint density at radius 3 is 2.68 bits per heavy atom. The molecular weight excluding hydrogens is 417 g/mol. The summed E-state index contributed by atoms with van der Waals surface area (Å²) in [6, 6.07) is 20.9. The molecule has 4 aromatic rings. The van der Waals surface area contributed by atoms with Crippen molar-refractivity contribution in [3.8, 4) is 5.75 Å². The SMILES string of the molecule is O=C(NN=Cc1c(OCc2ccc(F)cc2)ccc2ccccc12)c1cccnc1Cl. The van der Waals surface area contributed by atoms with E-state index < -0.39 is 5.91 Å². The maximum atomic E-state index is 13.1. The number of aromatic nitrogens is 1. The maximum absolute atomic E-state index is 13.1. The van der Waals surface area contributed by atoms with Crippen LogP contribution in [-0.2, 0) is 6.61 Å². The molecule has 0 atom stereocenters. The predicted octanol–water partition coefficient (Wildman–Crippen LogP) is 5.37. The first-order valence-corrected chi connectivity index (χ1v) is 9.82. The molecule has 0 saturated heterocycles. The van der Waals surface area contributed by atoms with E-state index in [9.17, 15) is 9.18 Å². The lowest BCUT2D eigenvalue weighted by atomic mass is 10.0. The van der Waals surface area contributed by atoms with Crippen molar-refractivity contribution in [3.05, 3.63) is 107 Å². The molecule has 0 radical (unpaired) electrons. The second kappa shape index (κ2) is 9.36. The Balaban J connectivity index is 1.59. The van der Waals surface area contributed by atoms with Gasteiger partial charge in [0.15, 0.2) is 0 Å². The van der Waals surface area contributed by atoms with Gasteiger partial charge in [0.1, 0.15) is 23.3 Å². The molecule has 154 valence electrons. The molecule has 0 aliphatic heterocycles. The Morgan fingerprint density at radius 2 is 1.87 bits per heavy atom. The maximum Gasteiger partial charge on any atom is 0.274 e. The molecule has 1 amide bonds. The highest BCUT2D eigenvalue weighted by Gasteiger charge is 2.11. The van der Waals surface area contributed by atoms with Crippen LogP contribution in [0.5, 0.6) is 5.75 Å². The normalized spacial score (nSPS) is 11.0. The Hall–Kier alpha value is -3.77. The van der Waals surface area contributed by atoms with Crippen LogP contribution < -0.4 is 10.2 Å². The average molecular weight is 434 g/mol. The molecule has 0 unspecified atom stereocenters. The van der Waals surface area contributed by atoms with Gasteiger partial charge in [0.2, 0.25) is 0 Å². The minimum Gasteiger partial charge on any atom is -0.488 e. The van der Waals surface area contributed by atoms with Crippen LogP contribution >= 0.6 is 11.6 Å². The summed E-state index contributed by atoms with van der Waals surface area (Å²) >= 11 is 5.96. The number of benzene rings is 3. The van der Waals surface area contributed by atoms with E-state index in [2.05, 4.69) is 15.5 Å². The molecule has 0 saturated carbocycles. The fourth-order valence-corrected chi connectivity index (χ4v) is 3.25. The topological polar surface area (TPSA) is 63.6 Å². The molecule has 5 nitrogen and oxygen atoms in total. The van der Waals surface area contributed by atoms with Crippen LogP contribution in [-0.4, -0.2) is 17.1 Å². The minimum atomic E-state index is -0.469. The van der Waals surface area contributed by atoms with Crippen molar-refractivity contribution in [1.82, 2.24) is 10.4 Å². The van der Waals surface area contributed by atoms with Gasteiger partial charge in [-0.3, -0.25) is 4.79 Å². The summed E-state index contributed by atoms with van der Waals surface area (Å²) < 4.78 is 19.1. The number of carbonyl (C=O) groups excluding carboxylic acids is 1. The average Bonchev–Trinajstić information content (AvgIpc) is 2.79. The smallest absolute Gasteiger partial charge is 0.274 e. The second-order valence-electron chi connectivity index (χ2n) is 6.65. The lowest BCUT2D eigenvalue weighted by Gasteiger charge is -2.12. The number of fused-ring (bicyclic) bond motifs is 1. The minimum absolute atomic E-state index is 0.101. The second-order valence-corrected chi connectivity index (χ2v) is 7.01. The number of halogens is 2. The zero-order valence-corrected chi connectivity index (χ0v) is 17.0. The molecule has 0 aliphatic rings. The number of hydrogen-bond acceptors (Lipinski definition) is 4. The van der Waals surface area contributed by atoms with Crippen molar-refractivity contribution in [2.75, 3.05) is 0 Å². The monoisotopic (exact) mass is 433 g/mol. The Morgan fingerprint density at radius 1 is 1.06 bits per heavy atom. The van der Waals surface area contributed by atoms with Gasteiger partial charge in [-0.25, -0.2) is 14.8 Å². The highest BCUT2D eigenvalue weighted by Crippen LogP contribution is 2.27. The third kappa shape index (κ3) is 4.87. The quantitative estimate of drug-likeness (QED) is 0.252. The van der Waals surface area contributed by atoms with Gasteiger partial charge in [0.05, 0.1) is 11.8 Å². The van der Waals surface area contributed by atoms with Crippen LogP contribution in [0.4, 0.5) is 4.39 Å². The Kier molecular flexibility index (Phi) is 6.19. The van der Waals surface area contributed by atoms with Crippen molar-refractivity contribution in [3.63, 3.8) is 0 Å². The Bertz CT molecular complexity index is 1260. The van der Waals surface area contributed by atoms with Crippen molar-refractivity contribution in [2.45, 2.75) is 6.61 Å². The zero-order valence-electron chi connectivity index (χ0n) is 16.3. The molecule has 1 aromatic heterocycles. The van der Waals surface area contributed by atoms with Gasteiger partial charge in [0.25, 0.3) is 5.91 Å². The first-order valence-electron chi connectivity index (χ1n) is 9.45. The summed E-state index contributed by atoms with van der Waals surface area (Å²) in [5.41, 5.74) is 4.23. The van der Waals surface area contributed by atoms with Gasteiger partial charge in [0, 0.05) is 11.8 Å². The first kappa shape index (κ1) is 20.5. The molecule has 31 heavy (non-hydrogen) atoms. The van der Waals surface area contributed by atoms with Crippen LogP contribution in [0.1, 0.15) is 21.5 Å². The van der Waals surface area contributed by atoms with E-state index in [0.29, 0.717) is 11.3 Å². The standard InChI is InChI=1S/C24H17ClFN3O2/c25-23-20(6-3-13-27-23)24(30)29-28-14-21-19-5-2-1-4-17(19)9-12-22(21)31-15-16-7-10-18(26)11-8-16/h1-14H,15H2,(H,29,30). The number of hydrogen-bond donors (Lipinski definition) is 1. The third-order valence-electron chi connectivity index (χ3n) is 4.60. The summed E-state index contributed by atoms with van der Waals surface area (Å²) in [4.78, 5) is 16.2. The van der Waals surface area contributed by atoms with Crippen molar-refractivity contribution >= 4 is 34.5 Å². The lowest BCUT2D eigenvalue weighted by molar-refractivity contribution is 0.0955. The fourth-order valence-electron chi connectivity index (χ4n) is 3.05. The van der Waals surface area contributed by atoms with Gasteiger partial charge >= 0.3 is 0 Å². The van der Waals surface area contributed by atoms with Crippen molar-refractivity contribution in [1.29, 1.82) is 0 Å². The van der Waals surface area contributed by atoms with Crippen molar-refractivity contribution < 1.29 is 13.9 Å². The number of pyridine rings is 1. The van der Waals surface area contributed by atoms with Crippen molar-refractivity contribution in [2.24, 2.45) is 5.10 Å². The number of ether oxygens (including phenoxy) is 1. The molecule has 7 heteroatoms. The van der Waals surface area contributed by atoms with Crippen LogP contribution in [0.3, 0.4) is 0 Å². The zero-order chi connectivity index (χ0) is 21.6. The number of carbonyl (C=O) groups is 1. The highest BCUT2D eigenvalue weighted by molar-refractivity contribution is 6.32. The third-order valence-corrected chi connectivity index (χ3v) is 4.90. The van der Waals surface area contributed by atoms with Crippen LogP contribution in [0.25, 0.3) is 10.8 Å². The summed E-state index contributed by atoms with van der Waals surface area (Å²) in [7, 11) is 0. The van der Waals surface area contributed by atoms with E-state index >= 15 is 0 Å². The number of hydrazone groups is 1. The lowest BCUT2D eigenvalue weighted by Crippen LogP contribution is -2.18. The summed E-state index contributed by atoms with van der Waals surface area (Å²) in [5, 5.41) is 6.11. The molecule has 0 aliphatic carbocycles. The van der Waals surface area contributed by atoms with E-state index in [1.165, 1.54) is 24.5 Å². The molecule has 1 N–H and O–H groups in total. The molecule has 0 fully saturated rings. The fraction of sp³-hybridized carbons (Fsp3) is 0.0417. The molecule has 0 bridgehead atoms. The number of rotatable bonds is 6. The highest BCUT2D eigenvalue weighted by atomic mass is 35.5. The van der Waals surface area contributed by atoms with Gasteiger partial charge < -0.3 is 4.74 Å². The van der Waals surface area contributed by atoms with Gasteiger partial charge in [-0.15, -0.1) is 0 Å². The first-order chi connectivity index (χ1) is 15.1. The summed E-state index contributed by atoms with van der Waals surface area (Å²) in [6.07, 6.45) is 3.04. The van der Waals surface area contributed by atoms with Crippen LogP contribution in [0.2, 0.25) is 5.15 Å². The molecule has 1 heterocycles. The predicted molar refractivity (Wildman–Crippen MR) is 119 cm³/mol. The van der Waals surface area contributed by atoms with E-state index in [0.717, 1.165) is 16.3 Å². The molecule has 3 aromatic carbocycles. The molecule has 4 rings (SSSR count). The summed E-state index contributed by atoms with van der Waals surface area (Å²) in [5.74, 6) is -0.185. The largest absolute Gasteiger partial charge is 0.488 e. The van der Waals surface area contributed by atoms with E-state index in [4.69, 9.17) is 16.3 Å². The van der Waals surface area contributed by atoms with E-state index in [1.54, 1.807) is 24.3 Å². The number of nitrogens with one attached hydrogen (secondary N) is 1. The molecular formula is C24H17ClFN3O2. The Labute approximate surface area is 183 Å². The van der Waals surface area contributed by atoms with E-state index in [-0.39, 0.29) is 23.1 Å². The summed E-state index contributed by atoms with van der Waals surface area (Å²) in [6.45, 7) is 0.261. The van der Waals surface area contributed by atoms with E-state index in [1.807, 2.05) is 36.4 Å². The number of nitrogens with zero attached hydrogens (tertiary/aromatic N) is 2. The van der Waals surface area contributed by atoms with Crippen LogP contribution in [0.15, 0.2) is 84.1 Å². The van der Waals surface area contributed by atoms with Crippen LogP contribution in [0, 0.1) is 5.82 Å². The van der Waals surface area contributed by atoms with Gasteiger partial charge in [-0.2, -0.15) is 5.10 Å².